The molecule has 2 heterocycles. The van der Waals surface area contributed by atoms with Gasteiger partial charge in [0, 0.05) is 12.0 Å². The topological polar surface area (TPSA) is 80.9 Å². The summed E-state index contributed by atoms with van der Waals surface area (Å²) in [7, 11) is 0. The normalized spacial score (nSPS) is 10.3. The van der Waals surface area contributed by atoms with Crippen LogP contribution in [-0.2, 0) is 6.42 Å². The van der Waals surface area contributed by atoms with Crippen molar-refractivity contribution in [3.05, 3.63) is 26.9 Å². The Morgan fingerprint density at radius 3 is 3.00 bits per heavy atom. The van der Waals surface area contributed by atoms with Gasteiger partial charge in [-0.3, -0.25) is 10.1 Å². The second-order valence-corrected chi connectivity index (χ2v) is 6.70. The number of hydrogen-bond donors (Lipinski definition) is 2. The molecule has 1 amide bonds. The van der Waals surface area contributed by atoms with Crippen molar-refractivity contribution in [1.82, 2.24) is 10.2 Å². The molecule has 0 fully saturated rings. The highest BCUT2D eigenvalue weighted by atomic mass is 32.1. The molecule has 2 aromatic rings. The Morgan fingerprint density at radius 2 is 2.29 bits per heavy atom. The molecule has 0 aliphatic rings. The molecule has 21 heavy (non-hydrogen) atoms. The number of anilines is 1. The maximum Gasteiger partial charge on any atom is 0.268 e. The molecule has 7 heteroatoms. The Balaban J connectivity index is 2.08. The number of carbonyl (C=O) groups is 1. The van der Waals surface area contributed by atoms with E-state index in [1.807, 2.05) is 11.4 Å². The van der Waals surface area contributed by atoms with Gasteiger partial charge in [-0.2, -0.15) is 0 Å². The summed E-state index contributed by atoms with van der Waals surface area (Å²) in [5, 5.41) is 14.1. The fraction of sp³-hybridized carbons (Fsp3) is 0.357. The zero-order valence-corrected chi connectivity index (χ0v) is 13.5. The number of rotatable bonds is 4. The van der Waals surface area contributed by atoms with Gasteiger partial charge in [-0.25, -0.2) is 0 Å². The first-order chi connectivity index (χ1) is 10.1. The molecule has 0 radical (unpaired) electrons. The zero-order valence-electron chi connectivity index (χ0n) is 11.8. The van der Waals surface area contributed by atoms with Gasteiger partial charge in [0.15, 0.2) is 0 Å². The Kier molecular flexibility index (Phi) is 5.44. The lowest BCUT2D eigenvalue weighted by atomic mass is 10.1. The summed E-state index contributed by atoms with van der Waals surface area (Å²) >= 11 is 2.75. The molecule has 5 nitrogen and oxygen atoms in total. The van der Waals surface area contributed by atoms with E-state index in [9.17, 15) is 4.79 Å². The minimum absolute atomic E-state index is 0.210. The number of amides is 1. The van der Waals surface area contributed by atoms with Crippen molar-refractivity contribution in [2.45, 2.75) is 20.3 Å². The number of carbonyl (C=O) groups excluding carboxylic acids is 1. The lowest BCUT2D eigenvalue weighted by Crippen LogP contribution is -2.11. The van der Waals surface area contributed by atoms with Crippen LogP contribution in [0.4, 0.5) is 5.13 Å². The van der Waals surface area contributed by atoms with Gasteiger partial charge in [0.1, 0.15) is 9.88 Å². The third-order valence-electron chi connectivity index (χ3n) is 2.47. The summed E-state index contributed by atoms with van der Waals surface area (Å²) in [6.07, 6.45) is 0.861. The predicted octanol–water partition coefficient (Wildman–Crippen LogP) is 2.36. The van der Waals surface area contributed by atoms with Crippen LogP contribution in [-0.4, -0.2) is 22.6 Å². The lowest BCUT2D eigenvalue weighted by molar-refractivity contribution is 0.103. The van der Waals surface area contributed by atoms with E-state index in [0.717, 1.165) is 11.4 Å². The van der Waals surface area contributed by atoms with Gasteiger partial charge in [0.25, 0.3) is 5.91 Å². The molecule has 0 aromatic carbocycles. The van der Waals surface area contributed by atoms with Crippen molar-refractivity contribution in [1.29, 1.82) is 0 Å². The smallest absolute Gasteiger partial charge is 0.268 e. The van der Waals surface area contributed by atoms with Gasteiger partial charge < -0.3 is 5.73 Å². The van der Waals surface area contributed by atoms with Crippen molar-refractivity contribution in [3.63, 3.8) is 0 Å². The fourth-order valence-corrected chi connectivity index (χ4v) is 3.31. The van der Waals surface area contributed by atoms with Crippen molar-refractivity contribution in [2.24, 2.45) is 11.7 Å². The largest absolute Gasteiger partial charge is 0.320 e. The number of nitrogens with one attached hydrogen (secondary N) is 1. The van der Waals surface area contributed by atoms with Crippen LogP contribution in [0.2, 0.25) is 0 Å². The van der Waals surface area contributed by atoms with Crippen molar-refractivity contribution in [2.75, 3.05) is 11.9 Å². The average molecular weight is 320 g/mol. The van der Waals surface area contributed by atoms with Crippen LogP contribution in [0.5, 0.6) is 0 Å². The molecule has 0 bridgehead atoms. The van der Waals surface area contributed by atoms with Crippen LogP contribution < -0.4 is 11.1 Å². The van der Waals surface area contributed by atoms with Gasteiger partial charge in [-0.1, -0.05) is 37.0 Å². The van der Waals surface area contributed by atoms with E-state index in [1.165, 1.54) is 22.7 Å². The highest BCUT2D eigenvalue weighted by Gasteiger charge is 2.15. The quantitative estimate of drug-likeness (QED) is 0.847. The van der Waals surface area contributed by atoms with Crippen molar-refractivity contribution < 1.29 is 4.79 Å². The summed E-state index contributed by atoms with van der Waals surface area (Å²) in [4.78, 5) is 12.8. The number of hydrogen-bond acceptors (Lipinski definition) is 6. The molecule has 0 saturated heterocycles. The summed E-state index contributed by atoms with van der Waals surface area (Å²) < 4.78 is 0. The third kappa shape index (κ3) is 4.36. The van der Waals surface area contributed by atoms with Crippen LogP contribution in [0.1, 0.15) is 34.1 Å². The second kappa shape index (κ2) is 7.31. The van der Waals surface area contributed by atoms with Crippen LogP contribution >= 0.6 is 22.7 Å². The Bertz CT molecular complexity index is 678. The standard InChI is InChI=1S/C14H16N4OS2/c1-9(2)8-11-17-18-14(21-11)16-13(19)12-10(4-3-6-15)5-7-20-12/h5,7,9H,6,8,15H2,1-2H3,(H,16,18,19). The van der Waals surface area contributed by atoms with Gasteiger partial charge in [-0.15, -0.1) is 21.5 Å². The highest BCUT2D eigenvalue weighted by Crippen LogP contribution is 2.21. The van der Waals surface area contributed by atoms with Crippen molar-refractivity contribution in [3.8, 4) is 11.8 Å². The maximum atomic E-state index is 12.2. The third-order valence-corrected chi connectivity index (χ3v) is 4.24. The Hall–Kier alpha value is -1.75. The van der Waals surface area contributed by atoms with Crippen LogP contribution in [0, 0.1) is 17.8 Å². The molecule has 0 spiro atoms. The van der Waals surface area contributed by atoms with E-state index >= 15 is 0 Å². The molecular formula is C14H16N4OS2. The molecule has 110 valence electrons. The average Bonchev–Trinajstić information content (AvgIpc) is 3.05. The molecule has 2 rings (SSSR count). The van der Waals surface area contributed by atoms with Gasteiger partial charge >= 0.3 is 0 Å². The maximum absolute atomic E-state index is 12.2. The van der Waals surface area contributed by atoms with E-state index in [0.29, 0.717) is 21.5 Å². The molecule has 0 aliphatic carbocycles. The molecular weight excluding hydrogens is 304 g/mol. The van der Waals surface area contributed by atoms with Gasteiger partial charge in [-0.05, 0) is 17.4 Å². The highest BCUT2D eigenvalue weighted by molar-refractivity contribution is 7.15. The minimum atomic E-state index is -0.210. The van der Waals surface area contributed by atoms with E-state index < -0.39 is 0 Å². The number of nitrogens with two attached hydrogens (primary N) is 1. The Labute approximate surface area is 131 Å². The van der Waals surface area contributed by atoms with Crippen LogP contribution in [0.15, 0.2) is 11.4 Å². The van der Waals surface area contributed by atoms with Crippen molar-refractivity contribution >= 4 is 33.7 Å². The first-order valence-electron chi connectivity index (χ1n) is 6.50. The number of nitrogens with zero attached hydrogens (tertiary/aromatic N) is 2. The number of aromatic nitrogens is 2. The van der Waals surface area contributed by atoms with Crippen LogP contribution in [0.3, 0.4) is 0 Å². The fourth-order valence-electron chi connectivity index (χ4n) is 1.62. The summed E-state index contributed by atoms with van der Waals surface area (Å²) in [6, 6.07) is 1.81. The predicted molar refractivity (Wildman–Crippen MR) is 86.7 cm³/mol. The van der Waals surface area contributed by atoms with E-state index in [2.05, 4.69) is 41.2 Å². The molecule has 0 unspecified atom stereocenters. The van der Waals surface area contributed by atoms with Gasteiger partial charge in [0.2, 0.25) is 5.13 Å². The molecule has 0 saturated carbocycles. The van der Waals surface area contributed by atoms with E-state index in [1.54, 1.807) is 0 Å². The van der Waals surface area contributed by atoms with E-state index in [4.69, 9.17) is 5.73 Å². The SMILES string of the molecule is CC(C)Cc1nnc(NC(=O)c2sccc2C#CCN)s1. The first-order valence-corrected chi connectivity index (χ1v) is 8.20. The van der Waals surface area contributed by atoms with E-state index in [-0.39, 0.29) is 12.5 Å². The first kappa shape index (κ1) is 15.6. The molecule has 3 N–H and O–H groups in total. The lowest BCUT2D eigenvalue weighted by Gasteiger charge is -1.99. The zero-order chi connectivity index (χ0) is 15.2. The Morgan fingerprint density at radius 1 is 1.48 bits per heavy atom. The summed E-state index contributed by atoms with van der Waals surface area (Å²) in [5.74, 6) is 5.95. The minimum Gasteiger partial charge on any atom is -0.320 e. The summed E-state index contributed by atoms with van der Waals surface area (Å²) in [6.45, 7) is 4.51. The molecule has 0 aliphatic heterocycles. The van der Waals surface area contributed by atoms with Gasteiger partial charge in [0.05, 0.1) is 6.54 Å². The monoisotopic (exact) mass is 320 g/mol. The number of thiophene rings is 1. The second-order valence-electron chi connectivity index (χ2n) is 4.72. The molecule has 0 atom stereocenters. The van der Waals surface area contributed by atoms with Crippen LogP contribution in [0.25, 0.3) is 0 Å². The summed E-state index contributed by atoms with van der Waals surface area (Å²) in [5.41, 5.74) is 6.04. The molecule has 2 aromatic heterocycles.